The molecule has 2 atom stereocenters. The summed E-state index contributed by atoms with van der Waals surface area (Å²) in [6.07, 6.45) is 5.25. The van der Waals surface area contributed by atoms with Crippen LogP contribution in [0.5, 0.6) is 0 Å². The van der Waals surface area contributed by atoms with Gasteiger partial charge < -0.3 is 4.57 Å². The Bertz CT molecular complexity index is 954. The Balaban J connectivity index is 1.43. The van der Waals surface area contributed by atoms with Gasteiger partial charge in [0, 0.05) is 32.1 Å². The summed E-state index contributed by atoms with van der Waals surface area (Å²) in [7, 11) is 0. The van der Waals surface area contributed by atoms with Crippen molar-refractivity contribution in [3.8, 4) is 11.1 Å². The minimum Gasteiger partial charge on any atom is -0.327 e. The van der Waals surface area contributed by atoms with E-state index in [2.05, 4.69) is 65.8 Å². The van der Waals surface area contributed by atoms with Crippen molar-refractivity contribution >= 4 is 11.0 Å². The number of imidazole rings is 1. The maximum atomic E-state index is 5.03. The fourth-order valence-electron chi connectivity index (χ4n) is 5.13. The fraction of sp³-hybridized carbons (Fsp3) is 0.458. The van der Waals surface area contributed by atoms with E-state index in [4.69, 9.17) is 4.98 Å². The molecule has 1 aliphatic carbocycles. The fourth-order valence-corrected chi connectivity index (χ4v) is 5.13. The molecule has 0 radical (unpaired) electrons. The first-order valence-electron chi connectivity index (χ1n) is 10.5. The molecule has 0 N–H and O–H groups in total. The standard InChI is InChI=1S/C24H29N3/c1-17-6-8-19(9-7-17)20-10-11-23-21(16-20)25-24-12-13-26(14-15-27(23)24)22-5-3-4-18(22)2/h6-11,16,18,22H,3-5,12-15H2,1-2H3. The van der Waals surface area contributed by atoms with Gasteiger partial charge in [-0.1, -0.05) is 49.2 Å². The molecule has 0 amide bonds. The molecule has 2 aliphatic rings. The summed E-state index contributed by atoms with van der Waals surface area (Å²) in [6, 6.07) is 16.3. The number of aromatic nitrogens is 2. The van der Waals surface area contributed by atoms with Gasteiger partial charge in [0.2, 0.25) is 0 Å². The van der Waals surface area contributed by atoms with Crippen molar-refractivity contribution in [2.75, 3.05) is 13.1 Å². The molecule has 2 aromatic carbocycles. The number of hydrogen-bond donors (Lipinski definition) is 0. The van der Waals surface area contributed by atoms with Gasteiger partial charge in [0.05, 0.1) is 11.0 Å². The third-order valence-corrected chi connectivity index (χ3v) is 6.73. The molecule has 3 nitrogen and oxygen atoms in total. The number of benzene rings is 2. The highest BCUT2D eigenvalue weighted by Crippen LogP contribution is 2.31. The van der Waals surface area contributed by atoms with Gasteiger partial charge in [0.25, 0.3) is 0 Å². The zero-order valence-electron chi connectivity index (χ0n) is 16.5. The lowest BCUT2D eigenvalue weighted by Gasteiger charge is -2.30. The van der Waals surface area contributed by atoms with Crippen LogP contribution in [0.25, 0.3) is 22.2 Å². The van der Waals surface area contributed by atoms with Crippen LogP contribution in [-0.2, 0) is 13.0 Å². The highest BCUT2D eigenvalue weighted by Gasteiger charge is 2.30. The summed E-state index contributed by atoms with van der Waals surface area (Å²) >= 11 is 0. The number of rotatable bonds is 2. The highest BCUT2D eigenvalue weighted by molar-refractivity contribution is 5.82. The predicted octanol–water partition coefficient (Wildman–Crippen LogP) is 5.06. The second-order valence-corrected chi connectivity index (χ2v) is 8.51. The molecule has 5 rings (SSSR count). The summed E-state index contributed by atoms with van der Waals surface area (Å²) < 4.78 is 2.47. The van der Waals surface area contributed by atoms with Crippen LogP contribution in [-0.4, -0.2) is 33.6 Å². The van der Waals surface area contributed by atoms with E-state index in [1.165, 1.54) is 47.3 Å². The first-order chi connectivity index (χ1) is 13.2. The van der Waals surface area contributed by atoms with Gasteiger partial charge >= 0.3 is 0 Å². The first-order valence-corrected chi connectivity index (χ1v) is 10.5. The third-order valence-electron chi connectivity index (χ3n) is 6.73. The summed E-state index contributed by atoms with van der Waals surface area (Å²) in [5.74, 6) is 2.11. The molecule has 1 saturated carbocycles. The van der Waals surface area contributed by atoms with Crippen molar-refractivity contribution in [1.29, 1.82) is 0 Å². The lowest BCUT2D eigenvalue weighted by atomic mass is 10.0. The van der Waals surface area contributed by atoms with E-state index in [0.717, 1.165) is 43.5 Å². The van der Waals surface area contributed by atoms with Crippen LogP contribution in [0.15, 0.2) is 42.5 Å². The van der Waals surface area contributed by atoms with Gasteiger partial charge in [0.1, 0.15) is 5.82 Å². The predicted molar refractivity (Wildman–Crippen MR) is 112 cm³/mol. The van der Waals surface area contributed by atoms with E-state index < -0.39 is 0 Å². The monoisotopic (exact) mass is 359 g/mol. The minimum atomic E-state index is 0.786. The smallest absolute Gasteiger partial charge is 0.111 e. The number of nitrogens with zero attached hydrogens (tertiary/aromatic N) is 3. The van der Waals surface area contributed by atoms with E-state index in [1.807, 2.05) is 0 Å². The Kier molecular flexibility index (Phi) is 4.28. The Labute approximate surface area is 162 Å². The number of hydrogen-bond acceptors (Lipinski definition) is 2. The zero-order valence-corrected chi connectivity index (χ0v) is 16.5. The molecular weight excluding hydrogens is 330 g/mol. The average molecular weight is 360 g/mol. The molecule has 27 heavy (non-hydrogen) atoms. The Morgan fingerprint density at radius 2 is 1.74 bits per heavy atom. The third kappa shape index (κ3) is 3.08. The Hall–Kier alpha value is -2.13. The molecule has 140 valence electrons. The molecule has 1 aliphatic heterocycles. The largest absolute Gasteiger partial charge is 0.327 e. The quantitative estimate of drug-likeness (QED) is 0.638. The molecule has 2 heterocycles. The van der Waals surface area contributed by atoms with Crippen molar-refractivity contribution in [3.63, 3.8) is 0 Å². The van der Waals surface area contributed by atoms with Crippen molar-refractivity contribution < 1.29 is 0 Å². The minimum absolute atomic E-state index is 0.786. The second-order valence-electron chi connectivity index (χ2n) is 8.51. The molecule has 0 saturated heterocycles. The van der Waals surface area contributed by atoms with Gasteiger partial charge in [-0.05, 0) is 48.9 Å². The lowest BCUT2D eigenvalue weighted by molar-refractivity contribution is 0.170. The van der Waals surface area contributed by atoms with Gasteiger partial charge in [-0.15, -0.1) is 0 Å². The molecule has 0 spiro atoms. The number of aryl methyl sites for hydroxylation is 1. The Morgan fingerprint density at radius 3 is 2.52 bits per heavy atom. The van der Waals surface area contributed by atoms with Crippen LogP contribution < -0.4 is 0 Å². The van der Waals surface area contributed by atoms with E-state index in [-0.39, 0.29) is 0 Å². The van der Waals surface area contributed by atoms with E-state index in [0.29, 0.717) is 0 Å². The molecule has 3 heteroatoms. The van der Waals surface area contributed by atoms with Crippen LogP contribution in [0.2, 0.25) is 0 Å². The van der Waals surface area contributed by atoms with Crippen molar-refractivity contribution in [1.82, 2.24) is 14.5 Å². The van der Waals surface area contributed by atoms with Gasteiger partial charge in [0.15, 0.2) is 0 Å². The number of fused-ring (bicyclic) bond motifs is 3. The molecular formula is C24H29N3. The summed E-state index contributed by atoms with van der Waals surface area (Å²) in [5.41, 5.74) is 6.27. The van der Waals surface area contributed by atoms with E-state index in [1.54, 1.807) is 0 Å². The van der Waals surface area contributed by atoms with Gasteiger partial charge in [-0.2, -0.15) is 0 Å². The maximum absolute atomic E-state index is 5.03. The van der Waals surface area contributed by atoms with Gasteiger partial charge in [-0.3, -0.25) is 4.90 Å². The summed E-state index contributed by atoms with van der Waals surface area (Å²) in [4.78, 5) is 7.77. The summed E-state index contributed by atoms with van der Waals surface area (Å²) in [6.45, 7) is 7.95. The topological polar surface area (TPSA) is 21.1 Å². The normalized spacial score (nSPS) is 23.5. The Morgan fingerprint density at radius 1 is 0.926 bits per heavy atom. The maximum Gasteiger partial charge on any atom is 0.111 e. The van der Waals surface area contributed by atoms with Crippen LogP contribution in [0.3, 0.4) is 0 Å². The molecule has 1 fully saturated rings. The second kappa shape index (κ2) is 6.79. The van der Waals surface area contributed by atoms with Crippen LogP contribution in [0.4, 0.5) is 0 Å². The lowest BCUT2D eigenvalue weighted by Crippen LogP contribution is -2.39. The molecule has 3 aromatic rings. The zero-order chi connectivity index (χ0) is 18.4. The van der Waals surface area contributed by atoms with Gasteiger partial charge in [-0.25, -0.2) is 4.98 Å². The van der Waals surface area contributed by atoms with Crippen molar-refractivity contribution in [2.24, 2.45) is 5.92 Å². The molecule has 2 unspecified atom stereocenters. The highest BCUT2D eigenvalue weighted by atomic mass is 15.2. The SMILES string of the molecule is Cc1ccc(-c2ccc3c(c2)nc2n3CCN(C3CCCC3C)CC2)cc1. The van der Waals surface area contributed by atoms with Crippen molar-refractivity contribution in [2.45, 2.75) is 52.1 Å². The molecule has 0 bridgehead atoms. The first kappa shape index (κ1) is 17.0. The van der Waals surface area contributed by atoms with E-state index >= 15 is 0 Å². The van der Waals surface area contributed by atoms with E-state index in [9.17, 15) is 0 Å². The van der Waals surface area contributed by atoms with Crippen LogP contribution in [0.1, 0.15) is 37.6 Å². The van der Waals surface area contributed by atoms with Crippen molar-refractivity contribution in [3.05, 3.63) is 53.9 Å². The average Bonchev–Trinajstić information content (AvgIpc) is 3.19. The summed E-state index contributed by atoms with van der Waals surface area (Å²) in [5, 5.41) is 0. The van der Waals surface area contributed by atoms with Crippen LogP contribution >= 0.6 is 0 Å². The molecule has 1 aromatic heterocycles. The van der Waals surface area contributed by atoms with Crippen LogP contribution in [0, 0.1) is 12.8 Å².